The van der Waals surface area contributed by atoms with Crippen molar-refractivity contribution in [2.45, 2.75) is 20.8 Å². The van der Waals surface area contributed by atoms with E-state index in [1.54, 1.807) is 0 Å². The lowest BCUT2D eigenvalue weighted by Gasteiger charge is -2.33. The second-order valence-electron chi connectivity index (χ2n) is 2.65. The standard InChI is InChI=1S/C9H18N.H2O/c1-5-9-10(6-2,7-3)8-4;/h1H,6-9H2,2-4H3;1H2/q+1;/p-1. The van der Waals surface area contributed by atoms with E-state index in [1.165, 1.54) is 0 Å². The molecule has 0 atom stereocenters. The molecule has 11 heavy (non-hydrogen) atoms. The van der Waals surface area contributed by atoms with Crippen LogP contribution in [0.1, 0.15) is 20.8 Å². The summed E-state index contributed by atoms with van der Waals surface area (Å²) in [6.07, 6.45) is 5.28. The Hall–Kier alpha value is -0.520. The first-order valence-electron chi connectivity index (χ1n) is 4.03. The molecule has 0 saturated heterocycles. The smallest absolute Gasteiger partial charge is 0.140 e. The predicted octanol–water partition coefficient (Wildman–Crippen LogP) is 1.32. The fraction of sp³-hybridized carbons (Fsp3) is 0.778. The molecule has 0 aliphatic heterocycles. The molecular weight excluding hydrogens is 138 g/mol. The summed E-state index contributed by atoms with van der Waals surface area (Å²) in [5, 5.41) is 0. The molecule has 2 heteroatoms. The van der Waals surface area contributed by atoms with Crippen molar-refractivity contribution in [2.75, 3.05) is 26.2 Å². The summed E-state index contributed by atoms with van der Waals surface area (Å²) in [6.45, 7) is 10.9. The first kappa shape index (κ1) is 13.1. The summed E-state index contributed by atoms with van der Waals surface area (Å²) in [6, 6.07) is 0. The minimum atomic E-state index is 0. The van der Waals surface area contributed by atoms with Gasteiger partial charge < -0.3 is 9.96 Å². The Morgan fingerprint density at radius 1 is 1.09 bits per heavy atom. The highest BCUT2D eigenvalue weighted by Gasteiger charge is 2.17. The first-order valence-corrected chi connectivity index (χ1v) is 4.03. The van der Waals surface area contributed by atoms with E-state index in [0.717, 1.165) is 30.7 Å². The lowest BCUT2D eigenvalue weighted by Crippen LogP contribution is -2.47. The van der Waals surface area contributed by atoms with Crippen molar-refractivity contribution in [3.63, 3.8) is 0 Å². The molecule has 0 aliphatic carbocycles. The average Bonchev–Trinajstić information content (AvgIpc) is 2.01. The van der Waals surface area contributed by atoms with Crippen LogP contribution in [0.3, 0.4) is 0 Å². The van der Waals surface area contributed by atoms with Crippen LogP contribution in [0.4, 0.5) is 0 Å². The van der Waals surface area contributed by atoms with Crippen LogP contribution in [0.5, 0.6) is 0 Å². The number of hydrogen-bond acceptors (Lipinski definition) is 1. The molecule has 0 amide bonds. The molecule has 0 rings (SSSR count). The van der Waals surface area contributed by atoms with Crippen LogP contribution < -0.4 is 0 Å². The number of quaternary nitrogens is 1. The third-order valence-electron chi connectivity index (χ3n) is 2.44. The van der Waals surface area contributed by atoms with E-state index in [0.29, 0.717) is 0 Å². The van der Waals surface area contributed by atoms with Gasteiger partial charge >= 0.3 is 0 Å². The Labute approximate surface area is 70.1 Å². The zero-order valence-corrected chi connectivity index (χ0v) is 7.80. The quantitative estimate of drug-likeness (QED) is 0.447. The minimum absolute atomic E-state index is 0. The Morgan fingerprint density at radius 2 is 1.45 bits per heavy atom. The van der Waals surface area contributed by atoms with Crippen molar-refractivity contribution in [1.82, 2.24) is 0 Å². The zero-order valence-electron chi connectivity index (χ0n) is 7.80. The van der Waals surface area contributed by atoms with Crippen molar-refractivity contribution >= 4 is 0 Å². The third-order valence-corrected chi connectivity index (χ3v) is 2.44. The largest absolute Gasteiger partial charge is 0.870 e. The molecule has 0 radical (unpaired) electrons. The van der Waals surface area contributed by atoms with Crippen molar-refractivity contribution in [2.24, 2.45) is 0 Å². The van der Waals surface area contributed by atoms with Gasteiger partial charge in [0.15, 0.2) is 0 Å². The van der Waals surface area contributed by atoms with Gasteiger partial charge in [0.05, 0.1) is 19.6 Å². The fourth-order valence-electron chi connectivity index (χ4n) is 1.20. The van der Waals surface area contributed by atoms with E-state index in [-0.39, 0.29) is 5.48 Å². The van der Waals surface area contributed by atoms with E-state index < -0.39 is 0 Å². The van der Waals surface area contributed by atoms with Crippen molar-refractivity contribution < 1.29 is 9.96 Å². The molecule has 0 aromatic carbocycles. The third kappa shape index (κ3) is 3.41. The Kier molecular flexibility index (Phi) is 7.39. The monoisotopic (exact) mass is 157 g/mol. The van der Waals surface area contributed by atoms with E-state index in [9.17, 15) is 0 Å². The Bertz CT molecular complexity index is 114. The van der Waals surface area contributed by atoms with Gasteiger partial charge in [-0.25, -0.2) is 0 Å². The summed E-state index contributed by atoms with van der Waals surface area (Å²) in [4.78, 5) is 0. The lowest BCUT2D eigenvalue weighted by molar-refractivity contribution is -0.916. The van der Waals surface area contributed by atoms with Crippen LogP contribution in [0.2, 0.25) is 0 Å². The molecule has 0 bridgehead atoms. The van der Waals surface area contributed by atoms with Crippen LogP contribution in [-0.4, -0.2) is 36.1 Å². The van der Waals surface area contributed by atoms with Gasteiger partial charge in [-0.15, -0.1) is 6.42 Å². The highest BCUT2D eigenvalue weighted by Crippen LogP contribution is 2.03. The van der Waals surface area contributed by atoms with Crippen LogP contribution in [-0.2, 0) is 0 Å². The summed E-state index contributed by atoms with van der Waals surface area (Å²) >= 11 is 0. The second-order valence-corrected chi connectivity index (χ2v) is 2.65. The maximum atomic E-state index is 5.28. The Balaban J connectivity index is 0. The average molecular weight is 157 g/mol. The molecule has 0 heterocycles. The van der Waals surface area contributed by atoms with Gasteiger partial charge in [-0.1, -0.05) is 0 Å². The van der Waals surface area contributed by atoms with Crippen LogP contribution in [0.25, 0.3) is 0 Å². The van der Waals surface area contributed by atoms with E-state index in [1.807, 2.05) is 0 Å². The molecule has 0 unspecified atom stereocenters. The van der Waals surface area contributed by atoms with Crippen molar-refractivity contribution in [1.29, 1.82) is 0 Å². The molecule has 66 valence electrons. The van der Waals surface area contributed by atoms with E-state index in [4.69, 9.17) is 6.42 Å². The summed E-state index contributed by atoms with van der Waals surface area (Å²) < 4.78 is 1.07. The lowest BCUT2D eigenvalue weighted by atomic mass is 10.3. The number of nitrogens with zero attached hydrogens (tertiary/aromatic N) is 1. The van der Waals surface area contributed by atoms with Gasteiger partial charge in [-0.05, 0) is 26.7 Å². The van der Waals surface area contributed by atoms with Gasteiger partial charge in [0, 0.05) is 0 Å². The molecule has 2 nitrogen and oxygen atoms in total. The maximum Gasteiger partial charge on any atom is 0.140 e. The summed E-state index contributed by atoms with van der Waals surface area (Å²) in [5.41, 5.74) is 0. The van der Waals surface area contributed by atoms with E-state index in [2.05, 4.69) is 26.7 Å². The van der Waals surface area contributed by atoms with Crippen LogP contribution >= 0.6 is 0 Å². The summed E-state index contributed by atoms with van der Waals surface area (Å²) in [5.74, 6) is 2.73. The normalized spacial score (nSPS) is 10.0. The van der Waals surface area contributed by atoms with Gasteiger partial charge in [0.1, 0.15) is 6.54 Å². The molecule has 0 fully saturated rings. The van der Waals surface area contributed by atoms with Crippen LogP contribution in [0.15, 0.2) is 0 Å². The minimum Gasteiger partial charge on any atom is -0.870 e. The van der Waals surface area contributed by atoms with Gasteiger partial charge in [-0.2, -0.15) is 0 Å². The zero-order chi connectivity index (χ0) is 8.04. The predicted molar refractivity (Wildman–Crippen MR) is 47.5 cm³/mol. The number of rotatable bonds is 4. The molecule has 0 aromatic rings. The van der Waals surface area contributed by atoms with Gasteiger partial charge in [0.25, 0.3) is 0 Å². The second kappa shape index (κ2) is 6.21. The SMILES string of the molecule is C#CC[N+](CC)(CC)CC.[OH-]. The molecule has 0 aliphatic rings. The molecule has 0 spiro atoms. The molecule has 0 saturated carbocycles. The molecule has 1 N–H and O–H groups in total. The maximum absolute atomic E-state index is 5.28. The number of terminal acetylenes is 1. The van der Waals surface area contributed by atoms with Gasteiger partial charge in [0.2, 0.25) is 0 Å². The first-order chi connectivity index (χ1) is 4.74. The van der Waals surface area contributed by atoms with Crippen LogP contribution in [0, 0.1) is 12.3 Å². The van der Waals surface area contributed by atoms with Crippen molar-refractivity contribution in [3.05, 3.63) is 0 Å². The molecular formula is C9H19NO. The van der Waals surface area contributed by atoms with Gasteiger partial charge in [-0.3, -0.25) is 0 Å². The van der Waals surface area contributed by atoms with Crippen molar-refractivity contribution in [3.8, 4) is 12.3 Å². The molecule has 0 aromatic heterocycles. The highest BCUT2D eigenvalue weighted by molar-refractivity contribution is 4.83. The number of hydrogen-bond donors (Lipinski definition) is 0. The Morgan fingerprint density at radius 3 is 1.55 bits per heavy atom. The highest BCUT2D eigenvalue weighted by atomic mass is 16.0. The van der Waals surface area contributed by atoms with E-state index >= 15 is 0 Å². The topological polar surface area (TPSA) is 30.0 Å². The fourth-order valence-corrected chi connectivity index (χ4v) is 1.20. The summed E-state index contributed by atoms with van der Waals surface area (Å²) in [7, 11) is 0.